The summed E-state index contributed by atoms with van der Waals surface area (Å²) >= 11 is 0. The fourth-order valence-corrected chi connectivity index (χ4v) is 9.80. The molecule has 6 aromatic rings. The molecule has 6 N–H and O–H groups in total. The summed E-state index contributed by atoms with van der Waals surface area (Å²) in [6.45, 7) is 3.13. The van der Waals surface area contributed by atoms with Crippen molar-refractivity contribution in [2.24, 2.45) is 19.0 Å². The number of rotatable bonds is 8. The SMILES string of the molecule is COc1cc(-c2ccc3c(c2NC(=O)N=S(N)(=O)c2cnn4c2OCCC4)CCO3)ccn1.COc1cc(-c2ccc3c(c2NC(=O)N=S(N)(=O)c2cnn4c2OCCC4)CCO3)ccn1. The van der Waals surface area contributed by atoms with Gasteiger partial charge in [-0.05, 0) is 47.5 Å². The third kappa shape index (κ3) is 8.89. The van der Waals surface area contributed by atoms with Crippen LogP contribution < -0.4 is 49.3 Å². The molecule has 4 aliphatic rings. The molecule has 4 amide bonds. The molecule has 0 saturated carbocycles. The lowest BCUT2D eigenvalue weighted by molar-refractivity contribution is 0.224. The van der Waals surface area contributed by atoms with Crippen molar-refractivity contribution >= 4 is 43.3 Å². The molecule has 0 bridgehead atoms. The second-order valence-corrected chi connectivity index (χ2v) is 18.5. The number of amides is 4. The van der Waals surface area contributed by atoms with E-state index in [1.807, 2.05) is 24.3 Å². The number of methoxy groups -OCH3 is 2. The Hall–Kier alpha value is -7.28. The van der Waals surface area contributed by atoms with Gasteiger partial charge < -0.3 is 39.1 Å². The lowest BCUT2D eigenvalue weighted by Crippen LogP contribution is -2.21. The standard InChI is InChI=1S/2C21H22N6O5S/c2*1-30-18-11-13(5-7-23-18)14-3-4-16-15(6-10-31-16)19(14)25-21(28)26-33(22,29)17-12-24-27-8-2-9-32-20(17)27/h2*3-5,7,11-12H,2,6,8-10H2,1H3,(H3,22,25,26,28,29). The Morgan fingerprint density at radius 3 is 1.52 bits per heavy atom. The molecular formula is C42H44N12O10S2. The number of nitrogens with two attached hydrogens (primary N) is 2. The molecule has 24 heteroatoms. The second kappa shape index (κ2) is 18.3. The van der Waals surface area contributed by atoms with Crippen LogP contribution in [0, 0.1) is 0 Å². The molecule has 10 rings (SSSR count). The summed E-state index contributed by atoms with van der Waals surface area (Å²) in [5.74, 6) is 2.77. The lowest BCUT2D eigenvalue weighted by Gasteiger charge is -2.16. The van der Waals surface area contributed by atoms with E-state index in [-0.39, 0.29) is 21.6 Å². The van der Waals surface area contributed by atoms with Crippen LogP contribution in [0.5, 0.6) is 35.0 Å². The van der Waals surface area contributed by atoms with Crippen LogP contribution in [0.25, 0.3) is 22.3 Å². The van der Waals surface area contributed by atoms with Gasteiger partial charge in [0.25, 0.3) is 0 Å². The highest BCUT2D eigenvalue weighted by atomic mass is 32.2. The zero-order valence-electron chi connectivity index (χ0n) is 35.6. The van der Waals surface area contributed by atoms with Gasteiger partial charge in [-0.2, -0.15) is 10.2 Å². The molecule has 0 aliphatic carbocycles. The highest BCUT2D eigenvalue weighted by Crippen LogP contribution is 2.42. The minimum Gasteiger partial charge on any atom is -0.493 e. The predicted octanol–water partition coefficient (Wildman–Crippen LogP) is 5.21. The summed E-state index contributed by atoms with van der Waals surface area (Å²) in [6.07, 6.45) is 8.66. The fourth-order valence-electron chi connectivity index (χ4n) is 7.79. The number of urea groups is 2. The smallest absolute Gasteiger partial charge is 0.354 e. The number of fused-ring (bicyclic) bond motifs is 4. The summed E-state index contributed by atoms with van der Waals surface area (Å²) < 4.78 is 69.9. The molecule has 0 fully saturated rings. The van der Waals surface area contributed by atoms with Crippen LogP contribution in [0.15, 0.2) is 91.8 Å². The first-order valence-corrected chi connectivity index (χ1v) is 23.8. The van der Waals surface area contributed by atoms with Crippen LogP contribution >= 0.6 is 0 Å². The third-order valence-corrected chi connectivity index (χ3v) is 13.5. The summed E-state index contributed by atoms with van der Waals surface area (Å²) in [5, 5.41) is 25.8. The number of anilines is 2. The van der Waals surface area contributed by atoms with Gasteiger partial charge in [-0.15, -0.1) is 8.73 Å². The summed E-state index contributed by atoms with van der Waals surface area (Å²) in [6, 6.07) is 12.8. The van der Waals surface area contributed by atoms with Crippen molar-refractivity contribution in [3.8, 4) is 57.3 Å². The molecule has 66 heavy (non-hydrogen) atoms. The Bertz CT molecular complexity index is 2930. The van der Waals surface area contributed by atoms with E-state index in [0.717, 1.165) is 46.2 Å². The maximum atomic E-state index is 13.2. The average Bonchev–Trinajstić information content (AvgIpc) is 4.16. The minimum absolute atomic E-state index is 0.0954. The number of ether oxygens (including phenoxy) is 6. The van der Waals surface area contributed by atoms with Gasteiger partial charge in [0.2, 0.25) is 23.5 Å². The van der Waals surface area contributed by atoms with E-state index >= 15 is 0 Å². The highest BCUT2D eigenvalue weighted by molar-refractivity contribution is 7.92. The maximum absolute atomic E-state index is 13.2. The Morgan fingerprint density at radius 2 is 1.09 bits per heavy atom. The van der Waals surface area contributed by atoms with Crippen molar-refractivity contribution in [2.75, 3.05) is 51.3 Å². The van der Waals surface area contributed by atoms with E-state index in [9.17, 15) is 18.0 Å². The van der Waals surface area contributed by atoms with Crippen LogP contribution in [-0.2, 0) is 45.8 Å². The first-order chi connectivity index (χ1) is 31.9. The third-order valence-electron chi connectivity index (χ3n) is 10.8. The van der Waals surface area contributed by atoms with Crippen molar-refractivity contribution in [3.05, 3.63) is 84.4 Å². The minimum atomic E-state index is -3.59. The second-order valence-electron chi connectivity index (χ2n) is 15.0. The van der Waals surface area contributed by atoms with E-state index < -0.39 is 31.9 Å². The summed E-state index contributed by atoms with van der Waals surface area (Å²) in [7, 11) is -4.12. The first kappa shape index (κ1) is 43.9. The van der Waals surface area contributed by atoms with Crippen molar-refractivity contribution in [1.82, 2.24) is 29.5 Å². The van der Waals surface area contributed by atoms with E-state index in [0.29, 0.717) is 87.0 Å². The monoisotopic (exact) mass is 940 g/mol. The number of aryl methyl sites for hydroxylation is 2. The van der Waals surface area contributed by atoms with Gasteiger partial charge in [0, 0.05) is 85.6 Å². The van der Waals surface area contributed by atoms with Crippen molar-refractivity contribution in [3.63, 3.8) is 0 Å². The molecule has 0 radical (unpaired) electrons. The molecule has 22 nitrogen and oxygen atoms in total. The van der Waals surface area contributed by atoms with Gasteiger partial charge in [0.15, 0.2) is 19.8 Å². The van der Waals surface area contributed by atoms with E-state index in [2.05, 4.69) is 39.5 Å². The highest BCUT2D eigenvalue weighted by Gasteiger charge is 2.28. The average molecular weight is 941 g/mol. The van der Waals surface area contributed by atoms with Crippen LogP contribution in [0.4, 0.5) is 21.0 Å². The van der Waals surface area contributed by atoms with Crippen LogP contribution in [0.1, 0.15) is 24.0 Å². The topological polar surface area (TPSA) is 286 Å². The van der Waals surface area contributed by atoms with E-state index in [1.165, 1.54) is 26.6 Å². The van der Waals surface area contributed by atoms with E-state index in [4.69, 9.17) is 38.7 Å². The number of nitrogens with zero attached hydrogens (tertiary/aromatic N) is 8. The largest absolute Gasteiger partial charge is 0.493 e. The van der Waals surface area contributed by atoms with Crippen LogP contribution in [-0.4, -0.2) is 90.7 Å². The first-order valence-electron chi connectivity index (χ1n) is 20.6. The number of nitrogens with one attached hydrogen (secondary N) is 2. The predicted molar refractivity (Wildman–Crippen MR) is 240 cm³/mol. The zero-order chi connectivity index (χ0) is 46.0. The molecule has 4 aromatic heterocycles. The number of aromatic nitrogens is 6. The van der Waals surface area contributed by atoms with E-state index in [1.54, 1.807) is 46.0 Å². The molecular weight excluding hydrogens is 897 g/mol. The maximum Gasteiger partial charge on any atom is 0.354 e. The Kier molecular flexibility index (Phi) is 12.2. The number of carbonyl (C=O) groups excluding carboxylic acids is 2. The molecule has 2 atom stereocenters. The summed E-state index contributed by atoms with van der Waals surface area (Å²) in [4.78, 5) is 34.3. The number of benzene rings is 2. The van der Waals surface area contributed by atoms with Gasteiger partial charge in [0.05, 0.1) is 64.4 Å². The lowest BCUT2D eigenvalue weighted by atomic mass is 9.99. The zero-order valence-corrected chi connectivity index (χ0v) is 37.3. The van der Waals surface area contributed by atoms with Crippen LogP contribution in [0.3, 0.4) is 0 Å². The summed E-state index contributed by atoms with van der Waals surface area (Å²) in [5.41, 5.74) is 5.66. The number of carbonyl (C=O) groups is 2. The van der Waals surface area contributed by atoms with Crippen LogP contribution in [0.2, 0.25) is 0 Å². The Morgan fingerprint density at radius 1 is 0.652 bits per heavy atom. The molecule has 0 spiro atoms. The van der Waals surface area contributed by atoms with Crippen molar-refractivity contribution in [2.45, 2.75) is 48.6 Å². The van der Waals surface area contributed by atoms with Gasteiger partial charge >= 0.3 is 12.1 Å². The number of hydrogen-bond acceptors (Lipinski definition) is 14. The molecule has 2 aromatic carbocycles. The number of pyridine rings is 2. The van der Waals surface area contributed by atoms with Gasteiger partial charge in [0.1, 0.15) is 21.3 Å². The Balaban J connectivity index is 0.000000166. The Labute approximate surface area is 378 Å². The molecule has 0 saturated heterocycles. The van der Waals surface area contributed by atoms with Crippen molar-refractivity contribution < 1.29 is 46.4 Å². The molecule has 344 valence electrons. The van der Waals surface area contributed by atoms with Gasteiger partial charge in [-0.25, -0.2) is 47.6 Å². The fraction of sp³-hybridized carbons (Fsp3) is 0.286. The normalized spacial score (nSPS) is 15.9. The molecule has 4 aliphatic heterocycles. The molecule has 8 heterocycles. The van der Waals surface area contributed by atoms with Gasteiger partial charge in [-0.3, -0.25) is 0 Å². The van der Waals surface area contributed by atoms with Gasteiger partial charge in [-0.1, -0.05) is 0 Å². The quantitative estimate of drug-likeness (QED) is 0.153. The number of hydrogen-bond donors (Lipinski definition) is 4. The molecule has 2 unspecified atom stereocenters. The van der Waals surface area contributed by atoms with Crippen molar-refractivity contribution in [1.29, 1.82) is 0 Å².